The lowest BCUT2D eigenvalue weighted by Crippen LogP contribution is -2.26. The van der Waals surface area contributed by atoms with E-state index in [1.165, 1.54) is 0 Å². The molecule has 0 spiro atoms. The van der Waals surface area contributed by atoms with Gasteiger partial charge in [-0.25, -0.2) is 0 Å². The molecule has 0 saturated heterocycles. The average molecular weight is 273 g/mol. The van der Waals surface area contributed by atoms with Crippen molar-refractivity contribution >= 4 is 22.8 Å². The number of nitrogens with one attached hydrogen (secondary N) is 1. The Morgan fingerprint density at radius 1 is 1.35 bits per heavy atom. The number of amides is 1. The van der Waals surface area contributed by atoms with Crippen LogP contribution in [-0.4, -0.2) is 17.0 Å². The average Bonchev–Trinajstić information content (AvgIpc) is 3.18. The predicted molar refractivity (Wildman–Crippen MR) is 72.0 cm³/mol. The molecule has 1 saturated carbocycles. The minimum atomic E-state index is -0.898. The molecule has 5 nitrogen and oxygen atoms in total. The highest BCUT2D eigenvalue weighted by molar-refractivity contribution is 5.89. The van der Waals surface area contributed by atoms with Crippen LogP contribution in [0.3, 0.4) is 0 Å². The Balaban J connectivity index is 1.67. The summed E-state index contributed by atoms with van der Waals surface area (Å²) in [6.45, 7) is 2.24. The smallest absolute Gasteiger partial charge is 0.307 e. The van der Waals surface area contributed by atoms with Gasteiger partial charge in [0, 0.05) is 10.9 Å². The van der Waals surface area contributed by atoms with Crippen molar-refractivity contribution in [2.45, 2.75) is 19.9 Å². The Bertz CT molecular complexity index is 688. The summed E-state index contributed by atoms with van der Waals surface area (Å²) in [5.74, 6) is -1.31. The molecule has 2 N–H and O–H groups in total. The van der Waals surface area contributed by atoms with Crippen LogP contribution in [0.1, 0.15) is 17.7 Å². The van der Waals surface area contributed by atoms with Crippen molar-refractivity contribution in [1.82, 2.24) is 5.32 Å². The molecular formula is C15H15NO4. The summed E-state index contributed by atoms with van der Waals surface area (Å²) in [6.07, 6.45) is 0.431. The number of aliphatic carboxylic acids is 1. The Hall–Kier alpha value is -2.30. The number of carbonyl (C=O) groups is 2. The number of fused-ring (bicyclic) bond motifs is 1. The number of furan rings is 1. The number of rotatable bonds is 4. The maximum atomic E-state index is 11.8. The lowest BCUT2D eigenvalue weighted by molar-refractivity contribution is -0.140. The van der Waals surface area contributed by atoms with Crippen molar-refractivity contribution in [3.05, 3.63) is 35.6 Å². The van der Waals surface area contributed by atoms with Gasteiger partial charge in [0.15, 0.2) is 0 Å². The zero-order valence-corrected chi connectivity index (χ0v) is 11.1. The highest BCUT2D eigenvalue weighted by atomic mass is 16.4. The zero-order chi connectivity index (χ0) is 14.3. The fourth-order valence-electron chi connectivity index (χ4n) is 2.45. The third-order valence-electron chi connectivity index (χ3n) is 3.81. The van der Waals surface area contributed by atoms with Crippen LogP contribution >= 0.6 is 0 Å². The van der Waals surface area contributed by atoms with Crippen molar-refractivity contribution in [2.24, 2.45) is 11.8 Å². The van der Waals surface area contributed by atoms with Crippen molar-refractivity contribution in [3.63, 3.8) is 0 Å². The molecule has 1 aliphatic carbocycles. The molecule has 2 atom stereocenters. The van der Waals surface area contributed by atoms with E-state index in [2.05, 4.69) is 5.32 Å². The van der Waals surface area contributed by atoms with Gasteiger partial charge in [-0.2, -0.15) is 0 Å². The van der Waals surface area contributed by atoms with Gasteiger partial charge in [-0.1, -0.05) is 18.2 Å². The second-order valence-corrected chi connectivity index (χ2v) is 5.15. The van der Waals surface area contributed by atoms with Gasteiger partial charge in [-0.05, 0) is 19.4 Å². The summed E-state index contributed by atoms with van der Waals surface area (Å²) < 4.78 is 5.69. The van der Waals surface area contributed by atoms with Crippen molar-refractivity contribution in [1.29, 1.82) is 0 Å². The fraction of sp³-hybridized carbons (Fsp3) is 0.333. The molecular weight excluding hydrogens is 258 g/mol. The van der Waals surface area contributed by atoms with E-state index in [0.717, 1.165) is 16.5 Å². The number of benzene rings is 1. The van der Waals surface area contributed by atoms with Crippen LogP contribution in [0.25, 0.3) is 11.0 Å². The first-order valence-electron chi connectivity index (χ1n) is 6.55. The van der Waals surface area contributed by atoms with Gasteiger partial charge in [0.1, 0.15) is 11.3 Å². The van der Waals surface area contributed by atoms with Gasteiger partial charge in [0.25, 0.3) is 0 Å². The van der Waals surface area contributed by atoms with Crippen LogP contribution in [0, 0.1) is 18.8 Å². The second kappa shape index (κ2) is 4.67. The third-order valence-corrected chi connectivity index (χ3v) is 3.81. The molecule has 0 aliphatic heterocycles. The van der Waals surface area contributed by atoms with Crippen molar-refractivity contribution in [3.8, 4) is 0 Å². The van der Waals surface area contributed by atoms with Crippen LogP contribution < -0.4 is 5.32 Å². The predicted octanol–water partition coefficient (Wildman–Crippen LogP) is 2.08. The van der Waals surface area contributed by atoms with Gasteiger partial charge < -0.3 is 14.8 Å². The van der Waals surface area contributed by atoms with Gasteiger partial charge in [0.05, 0.1) is 18.4 Å². The molecule has 3 rings (SSSR count). The number of carboxylic acids is 1. The van der Waals surface area contributed by atoms with Gasteiger partial charge in [-0.15, -0.1) is 0 Å². The molecule has 1 aliphatic rings. The van der Waals surface area contributed by atoms with E-state index < -0.39 is 17.8 Å². The highest BCUT2D eigenvalue weighted by Crippen LogP contribution is 2.38. The third kappa shape index (κ3) is 2.15. The van der Waals surface area contributed by atoms with E-state index in [4.69, 9.17) is 9.52 Å². The summed E-state index contributed by atoms with van der Waals surface area (Å²) in [7, 11) is 0. The summed E-state index contributed by atoms with van der Waals surface area (Å²) in [5, 5.41) is 12.6. The normalized spacial score (nSPS) is 20.9. The molecule has 0 radical (unpaired) electrons. The van der Waals surface area contributed by atoms with Gasteiger partial charge >= 0.3 is 5.97 Å². The van der Waals surface area contributed by atoms with Crippen molar-refractivity contribution < 1.29 is 19.1 Å². The lowest BCUT2D eigenvalue weighted by Gasteiger charge is -2.02. The summed E-state index contributed by atoms with van der Waals surface area (Å²) in [6, 6.07) is 7.69. The summed E-state index contributed by atoms with van der Waals surface area (Å²) in [5.41, 5.74) is 1.80. The minimum absolute atomic E-state index is 0.211. The van der Waals surface area contributed by atoms with Gasteiger partial charge in [-0.3, -0.25) is 9.59 Å². The van der Waals surface area contributed by atoms with E-state index in [-0.39, 0.29) is 5.91 Å². The maximum absolute atomic E-state index is 11.8. The largest absolute Gasteiger partial charge is 0.481 e. The first-order chi connectivity index (χ1) is 9.58. The van der Waals surface area contributed by atoms with Crippen molar-refractivity contribution in [2.75, 3.05) is 0 Å². The first-order valence-corrected chi connectivity index (χ1v) is 6.55. The molecule has 1 heterocycles. The Kier molecular flexibility index (Phi) is 2.97. The molecule has 1 aromatic heterocycles. The standard InChI is InChI=1S/C15H15NO4/c1-8-9-4-2-3-5-12(9)20-13(8)7-16-14(17)10-6-11(10)15(18)19/h2-5,10-11H,6-7H2,1H3,(H,16,17)(H,18,19)/t10-,11+/m0/s1. The Labute approximate surface area is 115 Å². The SMILES string of the molecule is Cc1c(CNC(=O)[C@H]2C[C@H]2C(=O)O)oc2ccccc12. The molecule has 2 aromatic rings. The quantitative estimate of drug-likeness (QED) is 0.893. The molecule has 0 bridgehead atoms. The maximum Gasteiger partial charge on any atom is 0.307 e. The molecule has 0 unspecified atom stereocenters. The molecule has 5 heteroatoms. The van der Waals surface area contributed by atoms with Crippen LogP contribution in [-0.2, 0) is 16.1 Å². The van der Waals surface area contributed by atoms with Gasteiger partial charge in [0.2, 0.25) is 5.91 Å². The fourth-order valence-corrected chi connectivity index (χ4v) is 2.45. The molecule has 1 fully saturated rings. The van der Waals surface area contributed by atoms with Crippen LogP contribution in [0.4, 0.5) is 0 Å². The van der Waals surface area contributed by atoms with E-state index in [9.17, 15) is 9.59 Å². The molecule has 104 valence electrons. The highest BCUT2D eigenvalue weighted by Gasteiger charge is 2.48. The number of aryl methyl sites for hydroxylation is 1. The summed E-state index contributed by atoms with van der Waals surface area (Å²) >= 11 is 0. The molecule has 20 heavy (non-hydrogen) atoms. The second-order valence-electron chi connectivity index (χ2n) is 5.15. The Morgan fingerprint density at radius 3 is 2.75 bits per heavy atom. The first kappa shape index (κ1) is 12.7. The number of carbonyl (C=O) groups excluding carboxylic acids is 1. The zero-order valence-electron chi connectivity index (χ0n) is 11.1. The minimum Gasteiger partial charge on any atom is -0.481 e. The van der Waals surface area contributed by atoms with E-state index in [1.54, 1.807) is 0 Å². The lowest BCUT2D eigenvalue weighted by atomic mass is 10.1. The van der Waals surface area contributed by atoms with E-state index in [1.807, 2.05) is 31.2 Å². The number of hydrogen-bond donors (Lipinski definition) is 2. The topological polar surface area (TPSA) is 79.5 Å². The van der Waals surface area contributed by atoms with E-state index in [0.29, 0.717) is 18.7 Å². The van der Waals surface area contributed by atoms with E-state index >= 15 is 0 Å². The monoisotopic (exact) mass is 273 g/mol. The number of carboxylic acid groups (broad SMARTS) is 1. The van der Waals surface area contributed by atoms with Crippen LogP contribution in [0.15, 0.2) is 28.7 Å². The summed E-state index contributed by atoms with van der Waals surface area (Å²) in [4.78, 5) is 22.5. The van der Waals surface area contributed by atoms with Crippen LogP contribution in [0.5, 0.6) is 0 Å². The Morgan fingerprint density at radius 2 is 2.10 bits per heavy atom. The molecule has 1 amide bonds. The number of para-hydroxylation sites is 1. The number of hydrogen-bond acceptors (Lipinski definition) is 3. The van der Waals surface area contributed by atoms with Crippen LogP contribution in [0.2, 0.25) is 0 Å². The molecule has 1 aromatic carbocycles.